The lowest BCUT2D eigenvalue weighted by Crippen LogP contribution is -2.50. The molecular weight excluding hydrogens is 244 g/mol. The third-order valence-electron chi connectivity index (χ3n) is 4.94. The van der Waals surface area contributed by atoms with E-state index < -0.39 is 11.5 Å². The summed E-state index contributed by atoms with van der Waals surface area (Å²) >= 11 is 0. The monoisotopic (exact) mass is 270 g/mol. The molecule has 110 valence electrons. The van der Waals surface area contributed by atoms with Gasteiger partial charge in [-0.25, -0.2) is 0 Å². The molecule has 1 saturated carbocycles. The van der Waals surface area contributed by atoms with Gasteiger partial charge in [0.25, 0.3) is 0 Å². The van der Waals surface area contributed by atoms with E-state index in [1.54, 1.807) is 14.2 Å². The minimum Gasteiger partial charge on any atom is -0.480 e. The first-order valence-electron chi connectivity index (χ1n) is 7.26. The van der Waals surface area contributed by atoms with Crippen LogP contribution in [0, 0.1) is 5.92 Å². The Hall–Kier alpha value is -0.650. The lowest BCUT2D eigenvalue weighted by Gasteiger charge is -2.36. The van der Waals surface area contributed by atoms with Crippen LogP contribution in [0.5, 0.6) is 0 Å². The molecule has 2 N–H and O–H groups in total. The summed E-state index contributed by atoms with van der Waals surface area (Å²) in [5.41, 5.74) is -0.700. The first kappa shape index (κ1) is 14.8. The number of carboxylic acid groups (broad SMARTS) is 1. The maximum absolute atomic E-state index is 11.4. The molecule has 2 rings (SSSR count). The van der Waals surface area contributed by atoms with Crippen LogP contribution in [0.2, 0.25) is 0 Å². The summed E-state index contributed by atoms with van der Waals surface area (Å²) in [5, 5.41) is 12.4. The largest absolute Gasteiger partial charge is 0.480 e. The highest BCUT2D eigenvalue weighted by Crippen LogP contribution is 2.35. The van der Waals surface area contributed by atoms with Gasteiger partial charge in [-0.15, -0.1) is 0 Å². The number of ether oxygens (including phenoxy) is 1. The van der Waals surface area contributed by atoms with E-state index in [1.807, 2.05) is 0 Å². The fraction of sp³-hybridized carbons (Fsp3) is 0.929. The highest BCUT2D eigenvalue weighted by atomic mass is 16.5. The minimum atomic E-state index is -0.702. The Labute approximate surface area is 115 Å². The molecule has 0 aromatic rings. The number of hydrogen-bond donors (Lipinski definition) is 2. The van der Waals surface area contributed by atoms with Crippen molar-refractivity contribution in [1.82, 2.24) is 10.2 Å². The molecule has 2 unspecified atom stereocenters. The molecule has 1 heterocycles. The molecule has 0 amide bonds. The van der Waals surface area contributed by atoms with Gasteiger partial charge >= 0.3 is 5.97 Å². The van der Waals surface area contributed by atoms with E-state index in [9.17, 15) is 9.90 Å². The van der Waals surface area contributed by atoms with Crippen LogP contribution in [-0.2, 0) is 9.53 Å². The number of rotatable bonds is 5. The number of methoxy groups -OCH3 is 1. The molecule has 1 aliphatic carbocycles. The molecular formula is C14H26N2O3. The molecule has 0 aromatic heterocycles. The Bertz CT molecular complexity index is 316. The summed E-state index contributed by atoms with van der Waals surface area (Å²) < 4.78 is 5.22. The Balaban J connectivity index is 1.87. The van der Waals surface area contributed by atoms with Crippen LogP contribution >= 0.6 is 0 Å². The molecule has 19 heavy (non-hydrogen) atoms. The van der Waals surface area contributed by atoms with Crippen LogP contribution in [0.4, 0.5) is 0 Å². The second-order valence-corrected chi connectivity index (χ2v) is 5.97. The predicted octanol–water partition coefficient (Wildman–Crippen LogP) is 0.940. The zero-order valence-electron chi connectivity index (χ0n) is 12.0. The van der Waals surface area contributed by atoms with E-state index in [2.05, 4.69) is 10.2 Å². The number of nitrogens with zero attached hydrogens (tertiary/aromatic N) is 1. The van der Waals surface area contributed by atoms with Gasteiger partial charge in [0.1, 0.15) is 5.54 Å². The average Bonchev–Trinajstić information content (AvgIpc) is 2.86. The van der Waals surface area contributed by atoms with E-state index >= 15 is 0 Å². The Morgan fingerprint density at radius 1 is 1.42 bits per heavy atom. The van der Waals surface area contributed by atoms with Gasteiger partial charge < -0.3 is 20.1 Å². The number of aliphatic carboxylic acids is 1. The molecule has 1 saturated heterocycles. The third-order valence-corrected chi connectivity index (χ3v) is 4.94. The number of likely N-dealkylation sites (tertiary alicyclic amines) is 1. The maximum Gasteiger partial charge on any atom is 0.323 e. The number of hydrogen-bond acceptors (Lipinski definition) is 4. The van der Waals surface area contributed by atoms with Crippen molar-refractivity contribution in [3.63, 3.8) is 0 Å². The fourth-order valence-corrected chi connectivity index (χ4v) is 3.58. The summed E-state index contributed by atoms with van der Waals surface area (Å²) in [6.07, 6.45) is 4.80. The van der Waals surface area contributed by atoms with Gasteiger partial charge in [-0.05, 0) is 58.2 Å². The van der Waals surface area contributed by atoms with Crippen molar-refractivity contribution in [1.29, 1.82) is 0 Å². The van der Waals surface area contributed by atoms with Gasteiger partial charge in [-0.3, -0.25) is 4.79 Å². The number of carboxylic acids is 1. The highest BCUT2D eigenvalue weighted by Gasteiger charge is 2.46. The maximum atomic E-state index is 11.4. The Morgan fingerprint density at radius 3 is 2.58 bits per heavy atom. The number of likely N-dealkylation sites (N-methyl/N-ethyl adjacent to an activating group) is 1. The van der Waals surface area contributed by atoms with Crippen molar-refractivity contribution in [2.45, 2.75) is 43.7 Å². The highest BCUT2D eigenvalue weighted by molar-refractivity contribution is 5.79. The number of piperidine rings is 1. The van der Waals surface area contributed by atoms with Crippen LogP contribution < -0.4 is 5.32 Å². The quantitative estimate of drug-likeness (QED) is 0.778. The summed E-state index contributed by atoms with van der Waals surface area (Å²) in [7, 11) is 3.53. The molecule has 0 radical (unpaired) electrons. The molecule has 0 aromatic carbocycles. The molecule has 2 aliphatic rings. The van der Waals surface area contributed by atoms with Gasteiger partial charge in [0.15, 0.2) is 0 Å². The first-order valence-corrected chi connectivity index (χ1v) is 7.26. The smallest absolute Gasteiger partial charge is 0.323 e. The lowest BCUT2D eigenvalue weighted by atomic mass is 9.94. The summed E-state index contributed by atoms with van der Waals surface area (Å²) in [4.78, 5) is 13.9. The van der Waals surface area contributed by atoms with Gasteiger partial charge in [-0.2, -0.15) is 0 Å². The minimum absolute atomic E-state index is 0.423. The Kier molecular flexibility index (Phi) is 4.81. The van der Waals surface area contributed by atoms with Crippen LogP contribution in [0.1, 0.15) is 32.1 Å². The van der Waals surface area contributed by atoms with Crippen LogP contribution in [-0.4, -0.2) is 61.4 Å². The van der Waals surface area contributed by atoms with E-state index in [4.69, 9.17) is 4.74 Å². The SMILES string of the molecule is CNC1(C(=O)O)CCC(N2CCC(COC)CC2)C1. The van der Waals surface area contributed by atoms with Crippen molar-refractivity contribution in [3.8, 4) is 0 Å². The van der Waals surface area contributed by atoms with Gasteiger partial charge in [0.05, 0.1) is 0 Å². The molecule has 5 heteroatoms. The third kappa shape index (κ3) is 3.09. The van der Waals surface area contributed by atoms with Crippen molar-refractivity contribution in [2.75, 3.05) is 33.9 Å². The summed E-state index contributed by atoms with van der Waals surface area (Å²) in [6.45, 7) is 3.02. The van der Waals surface area contributed by atoms with Crippen molar-refractivity contribution in [2.24, 2.45) is 5.92 Å². The fourth-order valence-electron chi connectivity index (χ4n) is 3.58. The van der Waals surface area contributed by atoms with Gasteiger partial charge in [-0.1, -0.05) is 0 Å². The van der Waals surface area contributed by atoms with Crippen LogP contribution in [0.15, 0.2) is 0 Å². The normalized spacial score (nSPS) is 33.7. The summed E-state index contributed by atoms with van der Waals surface area (Å²) in [6, 6.07) is 0.423. The van der Waals surface area contributed by atoms with Crippen molar-refractivity contribution >= 4 is 5.97 Å². The zero-order chi connectivity index (χ0) is 13.9. The van der Waals surface area contributed by atoms with Crippen LogP contribution in [0.25, 0.3) is 0 Å². The second kappa shape index (κ2) is 6.20. The molecule has 1 aliphatic heterocycles. The van der Waals surface area contributed by atoms with Gasteiger partial charge in [0, 0.05) is 19.8 Å². The average molecular weight is 270 g/mol. The topological polar surface area (TPSA) is 61.8 Å². The van der Waals surface area contributed by atoms with Gasteiger partial charge in [0.2, 0.25) is 0 Å². The van der Waals surface area contributed by atoms with E-state index in [0.29, 0.717) is 12.0 Å². The molecule has 2 atom stereocenters. The number of carbonyl (C=O) groups is 1. The van der Waals surface area contributed by atoms with E-state index in [1.165, 1.54) is 12.8 Å². The van der Waals surface area contributed by atoms with Crippen molar-refractivity contribution in [3.05, 3.63) is 0 Å². The molecule has 0 spiro atoms. The molecule has 0 bridgehead atoms. The van der Waals surface area contributed by atoms with E-state index in [-0.39, 0.29) is 0 Å². The second-order valence-electron chi connectivity index (χ2n) is 5.97. The molecule has 2 fully saturated rings. The van der Waals surface area contributed by atoms with Crippen LogP contribution in [0.3, 0.4) is 0 Å². The predicted molar refractivity (Wildman–Crippen MR) is 73.2 cm³/mol. The van der Waals surface area contributed by atoms with Crippen molar-refractivity contribution < 1.29 is 14.6 Å². The Morgan fingerprint density at radius 2 is 2.11 bits per heavy atom. The first-order chi connectivity index (χ1) is 9.11. The summed E-state index contributed by atoms with van der Waals surface area (Å²) in [5.74, 6) is -0.0250. The standard InChI is InChI=1S/C14H26N2O3/c1-15-14(13(17)18)6-3-12(9-14)16-7-4-11(5-8-16)10-19-2/h11-12,15H,3-10H2,1-2H3,(H,17,18). The number of nitrogens with one attached hydrogen (secondary N) is 1. The zero-order valence-corrected chi connectivity index (χ0v) is 12.0. The molecule has 5 nitrogen and oxygen atoms in total. The lowest BCUT2D eigenvalue weighted by molar-refractivity contribution is -0.144. The van der Waals surface area contributed by atoms with E-state index in [0.717, 1.165) is 39.0 Å².